The van der Waals surface area contributed by atoms with Crippen molar-refractivity contribution >= 4 is 38.4 Å². The van der Waals surface area contributed by atoms with Gasteiger partial charge < -0.3 is 4.42 Å². The fraction of sp³-hybridized carbons (Fsp3) is 0.0408. The predicted molar refractivity (Wildman–Crippen MR) is 215 cm³/mol. The first-order valence-electron chi connectivity index (χ1n) is 17.4. The highest BCUT2D eigenvalue weighted by Gasteiger charge is 2.17. The van der Waals surface area contributed by atoms with Crippen molar-refractivity contribution in [2.45, 2.75) is 13.3 Å². The van der Waals surface area contributed by atoms with E-state index in [2.05, 4.69) is 171 Å². The SMILES string of the molecule is C=C(Cc1cccc2c1oc1cc(-c3cc(-c4ccccc4)nc4ccccc34)ccc12)c1ccccc1-c1cc(-c2ccccc2)ccc1C. The molecule has 2 aromatic heterocycles. The molecule has 242 valence electrons. The first-order valence-corrected chi connectivity index (χ1v) is 17.4. The van der Waals surface area contributed by atoms with Crippen LogP contribution in [0.3, 0.4) is 0 Å². The van der Waals surface area contributed by atoms with Crippen LogP contribution in [0.15, 0.2) is 181 Å². The zero-order chi connectivity index (χ0) is 34.3. The number of pyridine rings is 1. The molecule has 0 aliphatic heterocycles. The number of nitrogens with zero attached hydrogens (tertiary/aromatic N) is 1. The fourth-order valence-corrected chi connectivity index (χ4v) is 7.41. The summed E-state index contributed by atoms with van der Waals surface area (Å²) in [5, 5.41) is 3.34. The lowest BCUT2D eigenvalue weighted by Crippen LogP contribution is -1.95. The summed E-state index contributed by atoms with van der Waals surface area (Å²) < 4.78 is 6.75. The summed E-state index contributed by atoms with van der Waals surface area (Å²) in [4.78, 5) is 5.01. The van der Waals surface area contributed by atoms with Gasteiger partial charge in [0, 0.05) is 28.1 Å². The van der Waals surface area contributed by atoms with Crippen molar-refractivity contribution in [3.05, 3.63) is 193 Å². The monoisotopic (exact) mass is 653 g/mol. The van der Waals surface area contributed by atoms with Crippen LogP contribution in [-0.2, 0) is 6.42 Å². The molecule has 0 spiro atoms. The van der Waals surface area contributed by atoms with Crippen LogP contribution in [0.25, 0.3) is 83.1 Å². The molecule has 0 unspecified atom stereocenters. The predicted octanol–water partition coefficient (Wildman–Crippen LogP) is 13.4. The van der Waals surface area contributed by atoms with E-state index in [1.165, 1.54) is 27.8 Å². The molecule has 9 rings (SSSR count). The van der Waals surface area contributed by atoms with Crippen LogP contribution in [-0.4, -0.2) is 4.98 Å². The molecule has 0 atom stereocenters. The lowest BCUT2D eigenvalue weighted by molar-refractivity contribution is 0.665. The van der Waals surface area contributed by atoms with Crippen LogP contribution in [0.1, 0.15) is 16.7 Å². The van der Waals surface area contributed by atoms with E-state index in [9.17, 15) is 0 Å². The lowest BCUT2D eigenvalue weighted by atomic mass is 9.88. The zero-order valence-corrected chi connectivity index (χ0v) is 28.4. The molecule has 0 fully saturated rings. The molecule has 7 aromatic carbocycles. The Kier molecular flexibility index (Phi) is 7.63. The van der Waals surface area contributed by atoms with Gasteiger partial charge in [0.25, 0.3) is 0 Å². The standard InChI is InChI=1S/C49H35NO/c1-32-24-25-36(34-14-5-3-6-15-34)29-44(32)40-20-10-9-19-39(40)33(2)28-38-18-13-22-43-42-27-26-37(30-48(42)51-49(38)43)45-31-47(35-16-7-4-8-17-35)50-46-23-12-11-21-41(45)46/h3-27,29-31H,2,28H2,1H3. The minimum absolute atomic E-state index is 0.674. The maximum atomic E-state index is 6.75. The number of para-hydroxylation sites is 2. The first-order chi connectivity index (χ1) is 25.1. The number of hydrogen-bond acceptors (Lipinski definition) is 2. The van der Waals surface area contributed by atoms with Gasteiger partial charge in [0.1, 0.15) is 11.2 Å². The fourth-order valence-electron chi connectivity index (χ4n) is 7.41. The molecule has 0 radical (unpaired) electrons. The maximum Gasteiger partial charge on any atom is 0.138 e. The number of fused-ring (bicyclic) bond motifs is 4. The van der Waals surface area contributed by atoms with Crippen LogP contribution < -0.4 is 0 Å². The van der Waals surface area contributed by atoms with E-state index >= 15 is 0 Å². The van der Waals surface area contributed by atoms with Gasteiger partial charge in [0.2, 0.25) is 0 Å². The van der Waals surface area contributed by atoms with Crippen LogP contribution in [0.4, 0.5) is 0 Å². The van der Waals surface area contributed by atoms with Crippen molar-refractivity contribution in [1.29, 1.82) is 0 Å². The summed E-state index contributed by atoms with van der Waals surface area (Å²) in [5.41, 5.74) is 16.5. The lowest BCUT2D eigenvalue weighted by Gasteiger charge is -2.16. The molecular weight excluding hydrogens is 619 g/mol. The third-order valence-electron chi connectivity index (χ3n) is 10.0. The van der Waals surface area contributed by atoms with Gasteiger partial charge >= 0.3 is 0 Å². The number of furan rings is 1. The third kappa shape index (κ3) is 5.61. The van der Waals surface area contributed by atoms with Gasteiger partial charge in [-0.25, -0.2) is 4.98 Å². The van der Waals surface area contributed by atoms with Gasteiger partial charge in [-0.3, -0.25) is 0 Å². The molecule has 0 bridgehead atoms. The van der Waals surface area contributed by atoms with Crippen LogP contribution in [0.2, 0.25) is 0 Å². The van der Waals surface area contributed by atoms with Crippen molar-refractivity contribution in [1.82, 2.24) is 4.98 Å². The molecule has 0 saturated heterocycles. The molecule has 51 heavy (non-hydrogen) atoms. The van der Waals surface area contributed by atoms with Crippen LogP contribution in [0, 0.1) is 6.92 Å². The highest BCUT2D eigenvalue weighted by Crippen LogP contribution is 2.39. The largest absolute Gasteiger partial charge is 0.456 e. The van der Waals surface area contributed by atoms with Crippen molar-refractivity contribution in [2.75, 3.05) is 0 Å². The second kappa shape index (κ2) is 12.7. The summed E-state index contributed by atoms with van der Waals surface area (Å²) in [7, 11) is 0. The Labute approximate surface area is 298 Å². The molecule has 0 aliphatic rings. The molecule has 0 N–H and O–H groups in total. The van der Waals surface area contributed by atoms with Gasteiger partial charge in [-0.05, 0) is 92.9 Å². The van der Waals surface area contributed by atoms with Gasteiger partial charge in [-0.15, -0.1) is 0 Å². The van der Waals surface area contributed by atoms with E-state index in [1.54, 1.807) is 0 Å². The highest BCUT2D eigenvalue weighted by molar-refractivity contribution is 6.08. The summed E-state index contributed by atoms with van der Waals surface area (Å²) in [6.07, 6.45) is 0.674. The van der Waals surface area contributed by atoms with Crippen LogP contribution >= 0.6 is 0 Å². The summed E-state index contributed by atoms with van der Waals surface area (Å²) >= 11 is 0. The number of rotatable bonds is 7. The van der Waals surface area contributed by atoms with Gasteiger partial charge in [0.15, 0.2) is 0 Å². The molecule has 9 aromatic rings. The molecule has 2 heterocycles. The third-order valence-corrected chi connectivity index (χ3v) is 10.0. The van der Waals surface area contributed by atoms with Gasteiger partial charge in [0.05, 0.1) is 11.2 Å². The Balaban J connectivity index is 1.10. The minimum Gasteiger partial charge on any atom is -0.456 e. The van der Waals surface area contributed by atoms with Crippen molar-refractivity contribution in [3.8, 4) is 44.6 Å². The van der Waals surface area contributed by atoms with Crippen molar-refractivity contribution < 1.29 is 4.42 Å². The minimum atomic E-state index is 0.674. The summed E-state index contributed by atoms with van der Waals surface area (Å²) in [6, 6.07) is 59.9. The smallest absolute Gasteiger partial charge is 0.138 e. The first kappa shape index (κ1) is 30.5. The Bertz CT molecular complexity index is 2740. The quantitative estimate of drug-likeness (QED) is 0.171. The number of allylic oxidation sites excluding steroid dienone is 1. The Hall–Kier alpha value is -6.51. The normalized spacial score (nSPS) is 11.4. The average molecular weight is 654 g/mol. The molecule has 2 nitrogen and oxygen atoms in total. The van der Waals surface area contributed by atoms with E-state index in [-0.39, 0.29) is 0 Å². The molecular formula is C49H35NO. The van der Waals surface area contributed by atoms with Gasteiger partial charge in [-0.2, -0.15) is 0 Å². The van der Waals surface area contributed by atoms with E-state index in [1.807, 2.05) is 12.1 Å². The molecule has 2 heteroatoms. The number of aryl methyl sites for hydroxylation is 1. The second-order valence-corrected chi connectivity index (χ2v) is 13.3. The summed E-state index contributed by atoms with van der Waals surface area (Å²) in [6.45, 7) is 6.83. The Morgan fingerprint density at radius 2 is 1.24 bits per heavy atom. The number of aromatic nitrogens is 1. The average Bonchev–Trinajstić information content (AvgIpc) is 3.57. The topological polar surface area (TPSA) is 26.0 Å². The zero-order valence-electron chi connectivity index (χ0n) is 28.4. The molecule has 0 amide bonds. The number of benzene rings is 7. The van der Waals surface area contributed by atoms with E-state index < -0.39 is 0 Å². The highest BCUT2D eigenvalue weighted by atomic mass is 16.3. The summed E-state index contributed by atoms with van der Waals surface area (Å²) in [5.74, 6) is 0. The van der Waals surface area contributed by atoms with Gasteiger partial charge in [-0.1, -0.05) is 146 Å². The Morgan fingerprint density at radius 3 is 2.08 bits per heavy atom. The number of hydrogen-bond donors (Lipinski definition) is 0. The molecule has 0 aliphatic carbocycles. The Morgan fingerprint density at radius 1 is 0.529 bits per heavy atom. The van der Waals surface area contributed by atoms with E-state index in [0.717, 1.165) is 71.9 Å². The van der Waals surface area contributed by atoms with E-state index in [0.29, 0.717) is 6.42 Å². The maximum absolute atomic E-state index is 6.75. The van der Waals surface area contributed by atoms with Crippen molar-refractivity contribution in [2.24, 2.45) is 0 Å². The van der Waals surface area contributed by atoms with E-state index in [4.69, 9.17) is 9.40 Å². The molecule has 0 saturated carbocycles. The van der Waals surface area contributed by atoms with Crippen LogP contribution in [0.5, 0.6) is 0 Å². The van der Waals surface area contributed by atoms with Crippen molar-refractivity contribution in [3.63, 3.8) is 0 Å². The second-order valence-electron chi connectivity index (χ2n) is 13.3.